The maximum atomic E-state index is 13.7. The van der Waals surface area contributed by atoms with E-state index in [9.17, 15) is 13.6 Å². The fourth-order valence-electron chi connectivity index (χ4n) is 2.14. The van der Waals surface area contributed by atoms with Crippen molar-refractivity contribution in [2.45, 2.75) is 17.8 Å². The van der Waals surface area contributed by atoms with Crippen molar-refractivity contribution in [1.82, 2.24) is 0 Å². The highest BCUT2D eigenvalue weighted by Crippen LogP contribution is 2.65. The third-order valence-electron chi connectivity index (χ3n) is 3.27. The van der Waals surface area contributed by atoms with Crippen LogP contribution in [-0.2, 0) is 14.9 Å². The highest BCUT2D eigenvalue weighted by Gasteiger charge is 2.74. The number of ether oxygens (including phenoxy) is 1. The summed E-state index contributed by atoms with van der Waals surface area (Å²) in [7, 11) is 1.14. The van der Waals surface area contributed by atoms with E-state index < -0.39 is 23.7 Å². The van der Waals surface area contributed by atoms with Gasteiger partial charge in [0.05, 0.1) is 12.5 Å². The minimum atomic E-state index is -2.98. The molecule has 18 heavy (non-hydrogen) atoms. The predicted molar refractivity (Wildman–Crippen MR) is 63.9 cm³/mol. The Morgan fingerprint density at radius 1 is 1.39 bits per heavy atom. The van der Waals surface area contributed by atoms with E-state index in [0.29, 0.717) is 10.6 Å². The van der Waals surface area contributed by atoms with Crippen molar-refractivity contribution in [2.75, 3.05) is 7.11 Å². The van der Waals surface area contributed by atoms with Gasteiger partial charge in [-0.2, -0.15) is 0 Å². The lowest BCUT2D eigenvalue weighted by Crippen LogP contribution is -2.24. The number of carbonyl (C=O) groups excluding carboxylic acids is 1. The molecule has 0 aromatic heterocycles. The largest absolute Gasteiger partial charge is 0.466 e. The minimum Gasteiger partial charge on any atom is -0.466 e. The van der Waals surface area contributed by atoms with Crippen molar-refractivity contribution < 1.29 is 18.3 Å². The summed E-state index contributed by atoms with van der Waals surface area (Å²) >= 11 is 5.72. The number of carbonyl (C=O) groups is 1. The van der Waals surface area contributed by atoms with Gasteiger partial charge in [0.15, 0.2) is 0 Å². The summed E-state index contributed by atoms with van der Waals surface area (Å²) in [5, 5.41) is 0.446. The first-order valence-electron chi connectivity index (χ1n) is 5.27. The summed E-state index contributed by atoms with van der Waals surface area (Å²) in [6, 6.07) is 5.99. The number of halogens is 3. The Bertz CT molecular complexity index is 510. The fourth-order valence-corrected chi connectivity index (χ4v) is 2.26. The number of benzene rings is 1. The van der Waals surface area contributed by atoms with Gasteiger partial charge < -0.3 is 4.74 Å². The summed E-state index contributed by atoms with van der Waals surface area (Å²) in [6.45, 7) is 3.47. The van der Waals surface area contributed by atoms with Gasteiger partial charge in [0, 0.05) is 17.0 Å². The molecule has 2 rings (SSSR count). The Morgan fingerprint density at radius 3 is 2.28 bits per heavy atom. The molecule has 0 N–H and O–H groups in total. The van der Waals surface area contributed by atoms with Crippen molar-refractivity contribution in [3.63, 3.8) is 0 Å². The Kier molecular flexibility index (Phi) is 2.93. The van der Waals surface area contributed by atoms with Gasteiger partial charge in [-0.25, -0.2) is 13.6 Å². The molecule has 1 fully saturated rings. The van der Waals surface area contributed by atoms with Gasteiger partial charge in [-0.15, -0.1) is 0 Å². The predicted octanol–water partition coefficient (Wildman–Crippen LogP) is 3.35. The molecule has 0 heterocycles. The number of esters is 1. The van der Waals surface area contributed by atoms with Gasteiger partial charge in [0.25, 0.3) is 5.92 Å². The van der Waals surface area contributed by atoms with Crippen molar-refractivity contribution in [2.24, 2.45) is 0 Å². The third kappa shape index (κ3) is 1.72. The summed E-state index contributed by atoms with van der Waals surface area (Å²) in [5.74, 6) is -3.80. The van der Waals surface area contributed by atoms with Gasteiger partial charge in [0.2, 0.25) is 0 Å². The van der Waals surface area contributed by atoms with Crippen LogP contribution in [0.5, 0.6) is 0 Å². The van der Waals surface area contributed by atoms with Crippen LogP contribution in [0.1, 0.15) is 12.0 Å². The zero-order valence-electron chi connectivity index (χ0n) is 9.67. The lowest BCUT2D eigenvalue weighted by atomic mass is 9.88. The number of alkyl halides is 2. The molecular formula is C13H11ClF2O2. The van der Waals surface area contributed by atoms with E-state index in [1.54, 1.807) is 0 Å². The Hall–Kier alpha value is -1.42. The average molecular weight is 273 g/mol. The highest BCUT2D eigenvalue weighted by atomic mass is 35.5. The van der Waals surface area contributed by atoms with Gasteiger partial charge in [-0.1, -0.05) is 30.3 Å². The summed E-state index contributed by atoms with van der Waals surface area (Å²) in [4.78, 5) is 11.4. The molecule has 0 amide bonds. The normalized spacial score (nSPS) is 24.4. The molecule has 1 aromatic rings. The zero-order chi connectivity index (χ0) is 13.6. The van der Waals surface area contributed by atoms with Crippen molar-refractivity contribution in [3.05, 3.63) is 47.0 Å². The topological polar surface area (TPSA) is 26.3 Å². The molecule has 1 aromatic carbocycles. The molecule has 0 radical (unpaired) electrons. The van der Waals surface area contributed by atoms with Crippen LogP contribution in [0.3, 0.4) is 0 Å². The molecule has 1 atom stereocenters. The van der Waals surface area contributed by atoms with Crippen LogP contribution in [-0.4, -0.2) is 19.0 Å². The lowest BCUT2D eigenvalue weighted by Gasteiger charge is -2.18. The molecule has 1 aliphatic rings. The van der Waals surface area contributed by atoms with E-state index in [1.807, 2.05) is 0 Å². The van der Waals surface area contributed by atoms with E-state index in [-0.39, 0.29) is 5.57 Å². The summed E-state index contributed by atoms with van der Waals surface area (Å²) in [5.41, 5.74) is -1.55. The maximum absolute atomic E-state index is 13.7. The maximum Gasteiger partial charge on any atom is 0.334 e. The SMILES string of the molecule is C=C(C(=O)OC)C1(c2ccc(Cl)cc2)CC1(F)F. The Morgan fingerprint density at radius 2 is 1.89 bits per heavy atom. The van der Waals surface area contributed by atoms with Crippen LogP contribution in [0.15, 0.2) is 36.4 Å². The second-order valence-electron chi connectivity index (χ2n) is 4.26. The molecule has 1 saturated carbocycles. The average Bonchev–Trinajstić information content (AvgIpc) is 2.92. The molecular weight excluding hydrogens is 262 g/mol. The quantitative estimate of drug-likeness (QED) is 0.623. The van der Waals surface area contributed by atoms with Crippen molar-refractivity contribution in [3.8, 4) is 0 Å². The van der Waals surface area contributed by atoms with E-state index >= 15 is 0 Å². The smallest absolute Gasteiger partial charge is 0.334 e. The number of hydrogen-bond donors (Lipinski definition) is 0. The zero-order valence-corrected chi connectivity index (χ0v) is 10.4. The second-order valence-corrected chi connectivity index (χ2v) is 4.70. The Balaban J connectivity index is 2.45. The molecule has 1 aliphatic carbocycles. The molecule has 2 nitrogen and oxygen atoms in total. The van der Waals surface area contributed by atoms with Crippen molar-refractivity contribution in [1.29, 1.82) is 0 Å². The van der Waals surface area contributed by atoms with Crippen LogP contribution >= 0.6 is 11.6 Å². The van der Waals surface area contributed by atoms with Gasteiger partial charge in [-0.05, 0) is 17.7 Å². The summed E-state index contributed by atoms with van der Waals surface area (Å²) in [6.07, 6.45) is -0.435. The summed E-state index contributed by atoms with van der Waals surface area (Å²) < 4.78 is 31.8. The van der Waals surface area contributed by atoms with Crippen molar-refractivity contribution >= 4 is 17.6 Å². The van der Waals surface area contributed by atoms with E-state index in [0.717, 1.165) is 7.11 Å². The standard InChI is InChI=1S/C13H11ClF2O2/c1-8(11(17)18-2)12(7-13(12,15)16)9-3-5-10(14)6-4-9/h3-6H,1,7H2,2H3. The first-order valence-corrected chi connectivity index (χ1v) is 5.64. The highest BCUT2D eigenvalue weighted by molar-refractivity contribution is 6.30. The molecule has 96 valence electrons. The van der Waals surface area contributed by atoms with E-state index in [2.05, 4.69) is 11.3 Å². The molecule has 0 bridgehead atoms. The molecule has 1 unspecified atom stereocenters. The van der Waals surface area contributed by atoms with Crippen LogP contribution in [0.2, 0.25) is 5.02 Å². The second kappa shape index (κ2) is 4.05. The van der Waals surface area contributed by atoms with Gasteiger partial charge in [0.1, 0.15) is 0 Å². The fraction of sp³-hybridized carbons (Fsp3) is 0.308. The lowest BCUT2D eigenvalue weighted by molar-refractivity contribution is -0.136. The molecule has 5 heteroatoms. The van der Waals surface area contributed by atoms with Crippen LogP contribution in [0.25, 0.3) is 0 Å². The number of methoxy groups -OCH3 is 1. The molecule has 0 aliphatic heterocycles. The first kappa shape index (κ1) is 13.0. The van der Waals surface area contributed by atoms with Crippen LogP contribution < -0.4 is 0 Å². The van der Waals surface area contributed by atoms with Gasteiger partial charge in [-0.3, -0.25) is 0 Å². The number of rotatable bonds is 3. The number of hydrogen-bond acceptors (Lipinski definition) is 2. The van der Waals surface area contributed by atoms with E-state index in [1.165, 1.54) is 24.3 Å². The monoisotopic (exact) mass is 272 g/mol. The van der Waals surface area contributed by atoms with Crippen LogP contribution in [0.4, 0.5) is 8.78 Å². The Labute approximate surface area is 108 Å². The molecule has 0 spiro atoms. The van der Waals surface area contributed by atoms with E-state index in [4.69, 9.17) is 11.6 Å². The minimum absolute atomic E-state index is 0.225. The third-order valence-corrected chi connectivity index (χ3v) is 3.52. The molecule has 0 saturated heterocycles. The van der Waals surface area contributed by atoms with Gasteiger partial charge >= 0.3 is 5.97 Å². The first-order chi connectivity index (χ1) is 8.35. The van der Waals surface area contributed by atoms with Crippen LogP contribution in [0, 0.1) is 0 Å².